The molecule has 0 unspecified atom stereocenters. The number of fused-ring (bicyclic) bond motifs is 1. The molecule has 2 aromatic rings. The van der Waals surface area contributed by atoms with E-state index in [1.807, 2.05) is 0 Å². The average molecular weight is 301 g/mol. The number of para-hydroxylation sites is 1. The average Bonchev–Trinajstić information content (AvgIpc) is 2.54. The second-order valence-corrected chi connectivity index (χ2v) is 5.32. The maximum atomic E-state index is 12.5. The number of piperidine rings is 1. The molecule has 1 aromatic heterocycles. The summed E-state index contributed by atoms with van der Waals surface area (Å²) in [6, 6.07) is 6.93. The molecule has 1 fully saturated rings. The zero-order chi connectivity index (χ0) is 15.7. The number of carbonyl (C=O) groups excluding carboxylic acids is 1. The van der Waals surface area contributed by atoms with Crippen molar-refractivity contribution in [2.75, 3.05) is 6.54 Å². The fraction of sp³-hybridized carbons (Fsp3) is 0.312. The van der Waals surface area contributed by atoms with Gasteiger partial charge in [-0.1, -0.05) is 12.1 Å². The lowest BCUT2D eigenvalue weighted by atomic mass is 10.0. The Morgan fingerprint density at radius 1 is 1.23 bits per heavy atom. The predicted molar refractivity (Wildman–Crippen MR) is 78.8 cm³/mol. The van der Waals surface area contributed by atoms with Gasteiger partial charge >= 0.3 is 5.97 Å². The van der Waals surface area contributed by atoms with Crippen molar-refractivity contribution < 1.29 is 19.1 Å². The van der Waals surface area contributed by atoms with Crippen molar-refractivity contribution in [1.82, 2.24) is 4.90 Å². The number of carboxylic acids is 1. The SMILES string of the molecule is O=C(O)[C@H]1CCCCN1C(=O)c1cc(=O)c2ccccc2o1. The molecule has 1 saturated heterocycles. The van der Waals surface area contributed by atoms with Crippen LogP contribution in [0.3, 0.4) is 0 Å². The van der Waals surface area contributed by atoms with Crippen molar-refractivity contribution in [3.05, 3.63) is 46.3 Å². The molecule has 3 rings (SSSR count). The largest absolute Gasteiger partial charge is 0.480 e. The van der Waals surface area contributed by atoms with Gasteiger partial charge < -0.3 is 14.4 Å². The van der Waals surface area contributed by atoms with E-state index in [1.54, 1.807) is 24.3 Å². The van der Waals surface area contributed by atoms with Crippen molar-refractivity contribution >= 4 is 22.8 Å². The van der Waals surface area contributed by atoms with E-state index in [-0.39, 0.29) is 11.2 Å². The topological polar surface area (TPSA) is 87.8 Å². The molecule has 2 heterocycles. The van der Waals surface area contributed by atoms with Gasteiger partial charge in [0.2, 0.25) is 0 Å². The first-order valence-electron chi connectivity index (χ1n) is 7.14. The fourth-order valence-electron chi connectivity index (χ4n) is 2.78. The van der Waals surface area contributed by atoms with E-state index >= 15 is 0 Å². The van der Waals surface area contributed by atoms with Crippen LogP contribution in [0.15, 0.2) is 39.5 Å². The van der Waals surface area contributed by atoms with Crippen LogP contribution in [0.25, 0.3) is 11.0 Å². The van der Waals surface area contributed by atoms with Gasteiger partial charge in [0.25, 0.3) is 5.91 Å². The van der Waals surface area contributed by atoms with Crippen LogP contribution in [0.1, 0.15) is 29.8 Å². The second-order valence-electron chi connectivity index (χ2n) is 5.32. The van der Waals surface area contributed by atoms with Gasteiger partial charge in [-0.15, -0.1) is 0 Å². The molecule has 22 heavy (non-hydrogen) atoms. The van der Waals surface area contributed by atoms with E-state index < -0.39 is 17.9 Å². The lowest BCUT2D eigenvalue weighted by molar-refractivity contribution is -0.143. The summed E-state index contributed by atoms with van der Waals surface area (Å²) in [4.78, 5) is 37.2. The maximum Gasteiger partial charge on any atom is 0.326 e. The number of hydrogen-bond donors (Lipinski definition) is 1. The highest BCUT2D eigenvalue weighted by Crippen LogP contribution is 2.21. The number of nitrogens with zero attached hydrogens (tertiary/aromatic N) is 1. The molecular formula is C16H15NO5. The van der Waals surface area contributed by atoms with Crippen LogP contribution in [0, 0.1) is 0 Å². The first kappa shape index (κ1) is 14.3. The number of amides is 1. The van der Waals surface area contributed by atoms with E-state index in [2.05, 4.69) is 0 Å². The molecule has 1 aliphatic heterocycles. The molecule has 1 aromatic carbocycles. The smallest absolute Gasteiger partial charge is 0.326 e. The number of hydrogen-bond acceptors (Lipinski definition) is 4. The minimum Gasteiger partial charge on any atom is -0.480 e. The van der Waals surface area contributed by atoms with Gasteiger partial charge in [0, 0.05) is 12.6 Å². The van der Waals surface area contributed by atoms with Crippen LogP contribution in [0.2, 0.25) is 0 Å². The van der Waals surface area contributed by atoms with Crippen LogP contribution in [-0.2, 0) is 4.79 Å². The molecule has 0 spiro atoms. The van der Waals surface area contributed by atoms with Crippen molar-refractivity contribution in [2.45, 2.75) is 25.3 Å². The van der Waals surface area contributed by atoms with Gasteiger partial charge in [0.15, 0.2) is 11.2 Å². The maximum absolute atomic E-state index is 12.5. The first-order valence-corrected chi connectivity index (χ1v) is 7.14. The number of benzene rings is 1. The molecule has 6 nitrogen and oxygen atoms in total. The molecular weight excluding hydrogens is 286 g/mol. The lowest BCUT2D eigenvalue weighted by Crippen LogP contribution is -2.48. The zero-order valence-electron chi connectivity index (χ0n) is 11.8. The summed E-state index contributed by atoms with van der Waals surface area (Å²) in [5.74, 6) is -1.69. The Morgan fingerprint density at radius 3 is 2.77 bits per heavy atom. The number of likely N-dealkylation sites (tertiary alicyclic amines) is 1. The van der Waals surface area contributed by atoms with Gasteiger partial charge in [-0.3, -0.25) is 9.59 Å². The van der Waals surface area contributed by atoms with Gasteiger partial charge in [0.05, 0.1) is 5.39 Å². The van der Waals surface area contributed by atoms with E-state index in [1.165, 1.54) is 4.90 Å². The Kier molecular flexibility index (Phi) is 3.66. The Bertz CT molecular complexity index is 794. The molecule has 1 atom stereocenters. The molecule has 0 saturated carbocycles. The van der Waals surface area contributed by atoms with Crippen LogP contribution < -0.4 is 5.43 Å². The second kappa shape index (κ2) is 5.63. The standard InChI is InChI=1S/C16H15NO5/c18-12-9-14(22-13-7-2-1-5-10(12)13)15(19)17-8-4-3-6-11(17)16(20)21/h1-2,5,7,9,11H,3-4,6,8H2,(H,20,21)/t11-/m1/s1. The first-order chi connectivity index (χ1) is 10.6. The lowest BCUT2D eigenvalue weighted by Gasteiger charge is -2.32. The molecule has 6 heteroatoms. The molecule has 114 valence electrons. The highest BCUT2D eigenvalue weighted by Gasteiger charge is 2.33. The molecule has 1 N–H and O–H groups in total. The quantitative estimate of drug-likeness (QED) is 0.915. The number of carbonyl (C=O) groups is 2. The van der Waals surface area contributed by atoms with Gasteiger partial charge in [-0.25, -0.2) is 4.79 Å². The summed E-state index contributed by atoms with van der Waals surface area (Å²) in [7, 11) is 0. The van der Waals surface area contributed by atoms with Gasteiger partial charge in [0.1, 0.15) is 11.6 Å². The van der Waals surface area contributed by atoms with Crippen molar-refractivity contribution in [1.29, 1.82) is 0 Å². The van der Waals surface area contributed by atoms with E-state index in [0.717, 1.165) is 18.9 Å². The Balaban J connectivity index is 2.01. The van der Waals surface area contributed by atoms with Crippen molar-refractivity contribution in [2.24, 2.45) is 0 Å². The predicted octanol–water partition coefficient (Wildman–Crippen LogP) is 1.87. The summed E-state index contributed by atoms with van der Waals surface area (Å²) >= 11 is 0. The van der Waals surface area contributed by atoms with Crippen LogP contribution in [-0.4, -0.2) is 34.5 Å². The van der Waals surface area contributed by atoms with E-state index in [9.17, 15) is 19.5 Å². The molecule has 1 amide bonds. The summed E-state index contributed by atoms with van der Waals surface area (Å²) in [5, 5.41) is 9.64. The molecule has 0 radical (unpaired) electrons. The molecule has 1 aliphatic rings. The number of aliphatic carboxylic acids is 1. The van der Waals surface area contributed by atoms with Gasteiger partial charge in [-0.05, 0) is 31.4 Å². The zero-order valence-corrected chi connectivity index (χ0v) is 11.8. The minimum atomic E-state index is -1.03. The van der Waals surface area contributed by atoms with Crippen LogP contribution in [0.5, 0.6) is 0 Å². The number of carboxylic acid groups (broad SMARTS) is 1. The van der Waals surface area contributed by atoms with E-state index in [0.29, 0.717) is 23.9 Å². The summed E-state index contributed by atoms with van der Waals surface area (Å²) < 4.78 is 5.50. The Hall–Kier alpha value is -2.63. The minimum absolute atomic E-state index is 0.114. The van der Waals surface area contributed by atoms with Gasteiger partial charge in [-0.2, -0.15) is 0 Å². The van der Waals surface area contributed by atoms with Crippen LogP contribution >= 0.6 is 0 Å². The van der Waals surface area contributed by atoms with Crippen molar-refractivity contribution in [3.8, 4) is 0 Å². The summed E-state index contributed by atoms with van der Waals surface area (Å²) in [6.45, 7) is 0.354. The van der Waals surface area contributed by atoms with Crippen LogP contribution in [0.4, 0.5) is 0 Å². The van der Waals surface area contributed by atoms with E-state index in [4.69, 9.17) is 4.42 Å². The fourth-order valence-corrected chi connectivity index (χ4v) is 2.78. The third-order valence-corrected chi connectivity index (χ3v) is 3.89. The normalized spacial score (nSPS) is 18.4. The summed E-state index contributed by atoms with van der Waals surface area (Å²) in [6.07, 6.45) is 1.93. The van der Waals surface area contributed by atoms with Crippen molar-refractivity contribution in [3.63, 3.8) is 0 Å². The highest BCUT2D eigenvalue weighted by atomic mass is 16.4. The third kappa shape index (κ3) is 2.47. The highest BCUT2D eigenvalue weighted by molar-refractivity contribution is 5.95. The monoisotopic (exact) mass is 301 g/mol. The Morgan fingerprint density at radius 2 is 2.00 bits per heavy atom. The summed E-state index contributed by atoms with van der Waals surface area (Å²) in [5.41, 5.74) is 0.0105. The molecule has 0 bridgehead atoms. The Labute approximate surface area is 126 Å². The molecule has 0 aliphatic carbocycles. The number of rotatable bonds is 2. The third-order valence-electron chi connectivity index (χ3n) is 3.89.